The van der Waals surface area contributed by atoms with Gasteiger partial charge in [0, 0.05) is 34.2 Å². The van der Waals surface area contributed by atoms with Gasteiger partial charge in [-0.2, -0.15) is 0 Å². The first-order valence-electron chi connectivity index (χ1n) is 5.79. The Hall–Kier alpha value is -1.90. The molecule has 3 heteroatoms. The lowest BCUT2D eigenvalue weighted by Gasteiger charge is -1.99. The topological polar surface area (TPSA) is 28.7 Å². The standard InChI is InChI=1S/C14H13FN2/c15-6-1-2-10-3-4-11-12-9-16-7-5-13(12)17-14(11)8-10/h3-5,7-9,17H,1-2,6H2. The maximum absolute atomic E-state index is 12.1. The number of H-pyrrole nitrogens is 1. The van der Waals surface area contributed by atoms with E-state index in [1.807, 2.05) is 12.3 Å². The van der Waals surface area contributed by atoms with Crippen molar-refractivity contribution in [3.63, 3.8) is 0 Å². The Labute approximate surface area is 98.5 Å². The van der Waals surface area contributed by atoms with Gasteiger partial charge in [0.1, 0.15) is 0 Å². The van der Waals surface area contributed by atoms with Gasteiger partial charge in [0.2, 0.25) is 0 Å². The molecule has 0 spiro atoms. The fourth-order valence-electron chi connectivity index (χ4n) is 2.22. The van der Waals surface area contributed by atoms with Crippen LogP contribution in [0.3, 0.4) is 0 Å². The van der Waals surface area contributed by atoms with Crippen LogP contribution in [0.4, 0.5) is 4.39 Å². The van der Waals surface area contributed by atoms with Gasteiger partial charge in [-0.1, -0.05) is 12.1 Å². The SMILES string of the molecule is FCCCc1ccc2c(c1)[nH]c1ccncc12. The minimum atomic E-state index is -0.255. The summed E-state index contributed by atoms with van der Waals surface area (Å²) in [6.45, 7) is -0.255. The van der Waals surface area contributed by atoms with Crippen molar-refractivity contribution >= 4 is 21.8 Å². The number of pyridine rings is 1. The molecule has 17 heavy (non-hydrogen) atoms. The highest BCUT2D eigenvalue weighted by Crippen LogP contribution is 2.25. The molecular weight excluding hydrogens is 215 g/mol. The quantitative estimate of drug-likeness (QED) is 0.728. The third kappa shape index (κ3) is 1.78. The number of fused-ring (bicyclic) bond motifs is 3. The van der Waals surface area contributed by atoms with Crippen LogP contribution in [0, 0.1) is 0 Å². The third-order valence-electron chi connectivity index (χ3n) is 3.06. The molecule has 0 amide bonds. The van der Waals surface area contributed by atoms with Crippen LogP contribution in [0.15, 0.2) is 36.7 Å². The summed E-state index contributed by atoms with van der Waals surface area (Å²) in [4.78, 5) is 7.50. The number of halogens is 1. The van der Waals surface area contributed by atoms with Gasteiger partial charge in [-0.15, -0.1) is 0 Å². The molecule has 3 aromatic rings. The van der Waals surface area contributed by atoms with E-state index >= 15 is 0 Å². The van der Waals surface area contributed by atoms with Crippen molar-refractivity contribution in [2.24, 2.45) is 0 Å². The molecule has 2 aromatic heterocycles. The van der Waals surface area contributed by atoms with Crippen LogP contribution in [-0.2, 0) is 6.42 Å². The van der Waals surface area contributed by atoms with E-state index in [1.165, 1.54) is 10.9 Å². The summed E-state index contributed by atoms with van der Waals surface area (Å²) in [6.07, 6.45) is 5.03. The zero-order valence-corrected chi connectivity index (χ0v) is 9.41. The minimum absolute atomic E-state index is 0.255. The van der Waals surface area contributed by atoms with Crippen LogP contribution < -0.4 is 0 Å². The first-order chi connectivity index (χ1) is 8.38. The monoisotopic (exact) mass is 228 g/mol. The number of rotatable bonds is 3. The highest BCUT2D eigenvalue weighted by Gasteiger charge is 2.04. The fourth-order valence-corrected chi connectivity index (χ4v) is 2.22. The maximum Gasteiger partial charge on any atom is 0.0897 e. The zero-order valence-electron chi connectivity index (χ0n) is 9.41. The number of hydrogen-bond donors (Lipinski definition) is 1. The molecular formula is C14H13FN2. The van der Waals surface area contributed by atoms with E-state index in [0.717, 1.165) is 22.8 Å². The van der Waals surface area contributed by atoms with Crippen molar-refractivity contribution in [3.05, 3.63) is 42.2 Å². The summed E-state index contributed by atoms with van der Waals surface area (Å²) in [5.41, 5.74) is 3.37. The number of aromatic amines is 1. The van der Waals surface area contributed by atoms with Crippen LogP contribution in [0.2, 0.25) is 0 Å². The van der Waals surface area contributed by atoms with Gasteiger partial charge in [-0.3, -0.25) is 9.37 Å². The molecule has 1 N–H and O–H groups in total. The highest BCUT2D eigenvalue weighted by atomic mass is 19.1. The summed E-state index contributed by atoms with van der Waals surface area (Å²) in [6, 6.07) is 8.23. The Balaban J connectivity index is 2.13. The molecule has 1 aromatic carbocycles. The summed E-state index contributed by atoms with van der Waals surface area (Å²) in [5.74, 6) is 0. The average Bonchev–Trinajstić information content (AvgIpc) is 2.74. The van der Waals surface area contributed by atoms with Crippen molar-refractivity contribution in [2.45, 2.75) is 12.8 Å². The largest absolute Gasteiger partial charge is 0.354 e. The maximum atomic E-state index is 12.1. The van der Waals surface area contributed by atoms with Crippen molar-refractivity contribution in [1.29, 1.82) is 0 Å². The second-order valence-corrected chi connectivity index (χ2v) is 4.22. The smallest absolute Gasteiger partial charge is 0.0897 e. The molecule has 86 valence electrons. The molecule has 0 atom stereocenters. The molecule has 2 nitrogen and oxygen atoms in total. The second kappa shape index (κ2) is 4.17. The number of hydrogen-bond acceptors (Lipinski definition) is 1. The van der Waals surface area contributed by atoms with Crippen molar-refractivity contribution in [1.82, 2.24) is 9.97 Å². The number of benzene rings is 1. The van der Waals surface area contributed by atoms with E-state index < -0.39 is 0 Å². The Kier molecular flexibility index (Phi) is 2.52. The zero-order chi connectivity index (χ0) is 11.7. The number of aryl methyl sites for hydroxylation is 1. The van der Waals surface area contributed by atoms with Gasteiger partial charge in [-0.05, 0) is 30.5 Å². The van der Waals surface area contributed by atoms with Crippen LogP contribution in [-0.4, -0.2) is 16.6 Å². The second-order valence-electron chi connectivity index (χ2n) is 4.22. The van der Waals surface area contributed by atoms with Crippen LogP contribution in [0.1, 0.15) is 12.0 Å². The molecule has 0 saturated heterocycles. The first-order valence-corrected chi connectivity index (χ1v) is 5.79. The highest BCUT2D eigenvalue weighted by molar-refractivity contribution is 6.06. The molecule has 3 rings (SSSR count). The van der Waals surface area contributed by atoms with Gasteiger partial charge in [-0.25, -0.2) is 0 Å². The van der Waals surface area contributed by atoms with Crippen LogP contribution >= 0.6 is 0 Å². The number of aromatic nitrogens is 2. The van der Waals surface area contributed by atoms with Gasteiger partial charge in [0.15, 0.2) is 0 Å². The summed E-state index contributed by atoms with van der Waals surface area (Å²) < 4.78 is 12.1. The van der Waals surface area contributed by atoms with Crippen LogP contribution in [0.25, 0.3) is 21.8 Å². The molecule has 0 aliphatic carbocycles. The Morgan fingerprint density at radius 2 is 2.06 bits per heavy atom. The van der Waals surface area contributed by atoms with E-state index in [1.54, 1.807) is 6.20 Å². The molecule has 0 aliphatic rings. The molecule has 0 fully saturated rings. The van der Waals surface area contributed by atoms with Gasteiger partial charge in [0.25, 0.3) is 0 Å². The summed E-state index contributed by atoms with van der Waals surface area (Å²) in [5, 5.41) is 2.32. The summed E-state index contributed by atoms with van der Waals surface area (Å²) in [7, 11) is 0. The Morgan fingerprint density at radius 3 is 2.94 bits per heavy atom. The van der Waals surface area contributed by atoms with Gasteiger partial charge in [0.05, 0.1) is 6.67 Å². The van der Waals surface area contributed by atoms with Crippen molar-refractivity contribution in [3.8, 4) is 0 Å². The van der Waals surface area contributed by atoms with Gasteiger partial charge < -0.3 is 4.98 Å². The van der Waals surface area contributed by atoms with Crippen LogP contribution in [0.5, 0.6) is 0 Å². The predicted octanol–water partition coefficient (Wildman–Crippen LogP) is 3.62. The lowest BCUT2D eigenvalue weighted by Crippen LogP contribution is -1.86. The normalized spacial score (nSPS) is 11.4. The lowest BCUT2D eigenvalue weighted by molar-refractivity contribution is 0.473. The lowest BCUT2D eigenvalue weighted by atomic mass is 10.1. The molecule has 0 aliphatic heterocycles. The van der Waals surface area contributed by atoms with E-state index in [9.17, 15) is 4.39 Å². The molecule has 0 radical (unpaired) electrons. The minimum Gasteiger partial charge on any atom is -0.354 e. The molecule has 0 bridgehead atoms. The summed E-state index contributed by atoms with van der Waals surface area (Å²) >= 11 is 0. The Bertz CT molecular complexity index is 657. The predicted molar refractivity (Wildman–Crippen MR) is 67.9 cm³/mol. The van der Waals surface area contributed by atoms with Crippen molar-refractivity contribution < 1.29 is 4.39 Å². The third-order valence-corrected chi connectivity index (χ3v) is 3.06. The van der Waals surface area contributed by atoms with E-state index in [4.69, 9.17) is 0 Å². The molecule has 2 heterocycles. The average molecular weight is 228 g/mol. The van der Waals surface area contributed by atoms with Gasteiger partial charge >= 0.3 is 0 Å². The Morgan fingerprint density at radius 1 is 1.12 bits per heavy atom. The van der Waals surface area contributed by atoms with E-state index in [-0.39, 0.29) is 6.67 Å². The number of nitrogens with one attached hydrogen (secondary N) is 1. The fraction of sp³-hybridized carbons (Fsp3) is 0.214. The molecule has 0 unspecified atom stereocenters. The van der Waals surface area contributed by atoms with E-state index in [0.29, 0.717) is 6.42 Å². The van der Waals surface area contributed by atoms with Crippen molar-refractivity contribution in [2.75, 3.05) is 6.67 Å². The first kappa shape index (κ1) is 10.3. The van der Waals surface area contributed by atoms with E-state index in [2.05, 4.69) is 28.2 Å². The number of alkyl halides is 1. The molecule has 0 saturated carbocycles. The number of nitrogens with zero attached hydrogens (tertiary/aromatic N) is 1.